The first-order valence-electron chi connectivity index (χ1n) is 3.63. The molecule has 3 heteroatoms. The molecule has 1 N–H and O–H groups in total. The zero-order valence-corrected chi connectivity index (χ0v) is 6.37. The van der Waals surface area contributed by atoms with Crippen LogP contribution in [0.2, 0.25) is 0 Å². The number of carbonyl (C=O) groups is 1. The summed E-state index contributed by atoms with van der Waals surface area (Å²) in [5.41, 5.74) is 0. The maximum Gasteiger partial charge on any atom is 0.249 e. The number of rotatable bonds is 1. The van der Waals surface area contributed by atoms with Crippen molar-refractivity contribution in [2.75, 3.05) is 6.54 Å². The van der Waals surface area contributed by atoms with Crippen LogP contribution in [0.4, 0.5) is 0 Å². The Bertz CT molecular complexity index is 145. The van der Waals surface area contributed by atoms with Crippen LogP contribution in [-0.2, 0) is 4.79 Å². The Morgan fingerprint density at radius 1 is 1.70 bits per heavy atom. The first-order chi connectivity index (χ1) is 4.63. The minimum atomic E-state index is -0.116. The van der Waals surface area contributed by atoms with Gasteiger partial charge in [0.25, 0.3) is 0 Å². The number of hydrogen-bond donors (Lipinski definition) is 1. The highest BCUT2D eigenvalue weighted by atomic mass is 16.5. The van der Waals surface area contributed by atoms with Crippen molar-refractivity contribution in [1.29, 1.82) is 0 Å². The van der Waals surface area contributed by atoms with E-state index in [2.05, 4.69) is 0 Å². The van der Waals surface area contributed by atoms with E-state index in [0.717, 1.165) is 11.5 Å². The van der Waals surface area contributed by atoms with Crippen LogP contribution in [-0.4, -0.2) is 22.7 Å². The number of hydroxylamine groups is 2. The molecule has 1 saturated heterocycles. The minimum Gasteiger partial charge on any atom is -0.286 e. The van der Waals surface area contributed by atoms with Crippen molar-refractivity contribution >= 4 is 5.91 Å². The van der Waals surface area contributed by atoms with Crippen molar-refractivity contribution in [2.24, 2.45) is 11.8 Å². The fraction of sp³-hybridized carbons (Fsp3) is 0.857. The van der Waals surface area contributed by atoms with E-state index in [0.29, 0.717) is 12.5 Å². The lowest BCUT2D eigenvalue weighted by Crippen LogP contribution is -2.25. The minimum absolute atomic E-state index is 0.0463. The van der Waals surface area contributed by atoms with Gasteiger partial charge in [-0.3, -0.25) is 10.0 Å². The average molecular weight is 143 g/mol. The molecule has 0 bridgehead atoms. The summed E-state index contributed by atoms with van der Waals surface area (Å²) in [6.45, 7) is 4.51. The van der Waals surface area contributed by atoms with Crippen LogP contribution >= 0.6 is 0 Å². The zero-order valence-electron chi connectivity index (χ0n) is 6.37. The maximum atomic E-state index is 11.0. The normalized spacial score (nSPS) is 26.6. The molecule has 3 nitrogen and oxygen atoms in total. The van der Waals surface area contributed by atoms with Gasteiger partial charge in [0.1, 0.15) is 0 Å². The van der Waals surface area contributed by atoms with Crippen molar-refractivity contribution in [3.63, 3.8) is 0 Å². The van der Waals surface area contributed by atoms with Gasteiger partial charge in [-0.25, -0.2) is 5.06 Å². The predicted octanol–water partition coefficient (Wildman–Crippen LogP) is 0.880. The third kappa shape index (κ3) is 1.14. The summed E-state index contributed by atoms with van der Waals surface area (Å²) in [5.74, 6) is 0.282. The molecule has 0 aromatic carbocycles. The van der Waals surface area contributed by atoms with Crippen molar-refractivity contribution in [3.05, 3.63) is 0 Å². The second kappa shape index (κ2) is 2.58. The average Bonchev–Trinajstić information content (AvgIpc) is 2.14. The summed E-state index contributed by atoms with van der Waals surface area (Å²) >= 11 is 0. The summed E-state index contributed by atoms with van der Waals surface area (Å²) in [4.78, 5) is 11.0. The Balaban J connectivity index is 2.57. The number of hydrogen-bond acceptors (Lipinski definition) is 2. The van der Waals surface area contributed by atoms with Crippen LogP contribution in [0, 0.1) is 11.8 Å². The molecule has 0 saturated carbocycles. The second-order valence-electron chi connectivity index (χ2n) is 3.10. The van der Waals surface area contributed by atoms with Gasteiger partial charge >= 0.3 is 0 Å². The lowest BCUT2D eigenvalue weighted by molar-refractivity contribution is -0.160. The first kappa shape index (κ1) is 7.54. The molecule has 0 aromatic heterocycles. The van der Waals surface area contributed by atoms with Gasteiger partial charge in [0, 0.05) is 12.5 Å². The van der Waals surface area contributed by atoms with Gasteiger partial charge in [-0.1, -0.05) is 13.8 Å². The van der Waals surface area contributed by atoms with Crippen LogP contribution in [0.5, 0.6) is 0 Å². The largest absolute Gasteiger partial charge is 0.286 e. The van der Waals surface area contributed by atoms with Crippen LogP contribution in [0.3, 0.4) is 0 Å². The third-order valence-electron chi connectivity index (χ3n) is 2.03. The quantitative estimate of drug-likeness (QED) is 0.553. The van der Waals surface area contributed by atoms with E-state index < -0.39 is 0 Å². The first-order valence-corrected chi connectivity index (χ1v) is 3.63. The molecule has 0 radical (unpaired) electrons. The highest BCUT2D eigenvalue weighted by Crippen LogP contribution is 2.23. The zero-order chi connectivity index (χ0) is 7.72. The van der Waals surface area contributed by atoms with Gasteiger partial charge in [0.05, 0.1) is 0 Å². The van der Waals surface area contributed by atoms with Crippen molar-refractivity contribution in [2.45, 2.75) is 20.3 Å². The van der Waals surface area contributed by atoms with Crippen LogP contribution < -0.4 is 0 Å². The van der Waals surface area contributed by atoms with E-state index >= 15 is 0 Å². The summed E-state index contributed by atoms with van der Waals surface area (Å²) in [6, 6.07) is 0. The molecule has 1 aliphatic heterocycles. The second-order valence-corrected chi connectivity index (χ2v) is 3.10. The fourth-order valence-electron chi connectivity index (χ4n) is 1.30. The molecule has 1 aliphatic rings. The van der Waals surface area contributed by atoms with Crippen LogP contribution in [0.15, 0.2) is 0 Å². The lowest BCUT2D eigenvalue weighted by atomic mass is 9.95. The fourth-order valence-corrected chi connectivity index (χ4v) is 1.30. The van der Waals surface area contributed by atoms with Crippen molar-refractivity contribution < 1.29 is 10.0 Å². The Labute approximate surface area is 60.6 Å². The van der Waals surface area contributed by atoms with Gasteiger partial charge < -0.3 is 0 Å². The molecule has 1 rings (SSSR count). The van der Waals surface area contributed by atoms with Gasteiger partial charge in [0.15, 0.2) is 0 Å². The molecule has 1 fully saturated rings. The van der Waals surface area contributed by atoms with Crippen LogP contribution in [0.1, 0.15) is 20.3 Å². The SMILES string of the molecule is CC(C)C1CCN(O)C1=O. The Hall–Kier alpha value is -0.570. The highest BCUT2D eigenvalue weighted by molar-refractivity contribution is 5.79. The van der Waals surface area contributed by atoms with E-state index in [-0.39, 0.29) is 11.8 Å². The molecular formula is C7H13NO2. The summed E-state index contributed by atoms with van der Waals surface area (Å²) in [5, 5.41) is 9.72. The Morgan fingerprint density at radius 2 is 2.30 bits per heavy atom. The molecule has 0 aromatic rings. The number of carbonyl (C=O) groups excluding carboxylic acids is 1. The molecular weight excluding hydrogens is 130 g/mol. The molecule has 0 aliphatic carbocycles. The van der Waals surface area contributed by atoms with Crippen molar-refractivity contribution in [1.82, 2.24) is 5.06 Å². The van der Waals surface area contributed by atoms with E-state index in [4.69, 9.17) is 5.21 Å². The molecule has 1 atom stereocenters. The molecule has 58 valence electrons. The molecule has 1 heterocycles. The third-order valence-corrected chi connectivity index (χ3v) is 2.03. The smallest absolute Gasteiger partial charge is 0.249 e. The standard InChI is InChI=1S/C7H13NO2/c1-5(2)6-3-4-8(10)7(6)9/h5-6,10H,3-4H2,1-2H3. The maximum absolute atomic E-state index is 11.0. The lowest BCUT2D eigenvalue weighted by Gasteiger charge is -2.11. The summed E-state index contributed by atoms with van der Waals surface area (Å²) in [6.07, 6.45) is 0.799. The number of nitrogens with zero attached hydrogens (tertiary/aromatic N) is 1. The van der Waals surface area contributed by atoms with Gasteiger partial charge in [0.2, 0.25) is 5.91 Å². The van der Waals surface area contributed by atoms with E-state index in [1.807, 2.05) is 13.8 Å². The van der Waals surface area contributed by atoms with Crippen LogP contribution in [0.25, 0.3) is 0 Å². The topological polar surface area (TPSA) is 40.5 Å². The van der Waals surface area contributed by atoms with Gasteiger partial charge in [-0.2, -0.15) is 0 Å². The van der Waals surface area contributed by atoms with E-state index in [1.54, 1.807) is 0 Å². The Morgan fingerprint density at radius 3 is 2.50 bits per heavy atom. The molecule has 0 spiro atoms. The number of amides is 1. The van der Waals surface area contributed by atoms with E-state index in [1.165, 1.54) is 0 Å². The Kier molecular flexibility index (Phi) is 1.94. The van der Waals surface area contributed by atoms with Crippen molar-refractivity contribution in [3.8, 4) is 0 Å². The van der Waals surface area contributed by atoms with Gasteiger partial charge in [-0.05, 0) is 12.3 Å². The summed E-state index contributed by atoms with van der Waals surface area (Å²) < 4.78 is 0. The molecule has 1 unspecified atom stereocenters. The van der Waals surface area contributed by atoms with Gasteiger partial charge in [-0.15, -0.1) is 0 Å². The summed E-state index contributed by atoms with van der Waals surface area (Å²) in [7, 11) is 0. The predicted molar refractivity (Wildman–Crippen MR) is 36.4 cm³/mol. The monoisotopic (exact) mass is 143 g/mol. The van der Waals surface area contributed by atoms with E-state index in [9.17, 15) is 4.79 Å². The highest BCUT2D eigenvalue weighted by Gasteiger charge is 2.32. The molecule has 1 amide bonds. The molecule has 10 heavy (non-hydrogen) atoms.